The maximum absolute atomic E-state index is 12.9. The quantitative estimate of drug-likeness (QED) is 0.449. The highest BCUT2D eigenvalue weighted by molar-refractivity contribution is 5.77. The van der Waals surface area contributed by atoms with E-state index in [9.17, 15) is 9.59 Å². The first-order valence-electron chi connectivity index (χ1n) is 14.5. The van der Waals surface area contributed by atoms with Gasteiger partial charge in [0.1, 0.15) is 17.0 Å². The first-order valence-corrected chi connectivity index (χ1v) is 14.5. The number of likely N-dealkylation sites (tertiary alicyclic amines) is 2. The van der Waals surface area contributed by atoms with Gasteiger partial charge in [-0.25, -0.2) is 14.6 Å². The fourth-order valence-electron chi connectivity index (χ4n) is 5.35. The second kappa shape index (κ2) is 11.2. The number of nitrogens with one attached hydrogen (secondary N) is 2. The lowest BCUT2D eigenvalue weighted by atomic mass is 9.94. The fraction of sp³-hybridized carbons (Fsp3) is 0.621. The van der Waals surface area contributed by atoms with Crippen LogP contribution in [-0.4, -0.2) is 90.2 Å². The number of anilines is 1. The van der Waals surface area contributed by atoms with Crippen LogP contribution < -0.4 is 5.32 Å². The van der Waals surface area contributed by atoms with Gasteiger partial charge in [-0.05, 0) is 67.2 Å². The van der Waals surface area contributed by atoms with Gasteiger partial charge in [0.15, 0.2) is 5.65 Å². The van der Waals surface area contributed by atoms with Crippen LogP contribution >= 0.6 is 0 Å². The summed E-state index contributed by atoms with van der Waals surface area (Å²) in [7, 11) is 0. The summed E-state index contributed by atoms with van der Waals surface area (Å²) < 4.78 is 13.1. The van der Waals surface area contributed by atoms with Gasteiger partial charge in [-0.3, -0.25) is 5.10 Å². The number of aromatic amines is 1. The highest BCUT2D eigenvalue weighted by Gasteiger charge is 2.31. The van der Waals surface area contributed by atoms with Gasteiger partial charge in [-0.2, -0.15) is 14.7 Å². The van der Waals surface area contributed by atoms with E-state index in [0.717, 1.165) is 54.0 Å². The van der Waals surface area contributed by atoms with Crippen molar-refractivity contribution in [2.24, 2.45) is 0 Å². The van der Waals surface area contributed by atoms with Gasteiger partial charge in [0.25, 0.3) is 0 Å². The lowest BCUT2D eigenvalue weighted by Crippen LogP contribution is -2.44. The number of rotatable bonds is 4. The summed E-state index contributed by atoms with van der Waals surface area (Å²) in [6, 6.07) is 2.21. The summed E-state index contributed by atoms with van der Waals surface area (Å²) in [6.07, 6.45) is 8.19. The molecule has 2 aliphatic rings. The number of hydrogen-bond acceptors (Lipinski definition) is 8. The normalized spacial score (nSPS) is 18.9. The van der Waals surface area contributed by atoms with E-state index in [-0.39, 0.29) is 24.1 Å². The molecule has 2 saturated heterocycles. The first-order chi connectivity index (χ1) is 19.4. The summed E-state index contributed by atoms with van der Waals surface area (Å²) in [4.78, 5) is 34.1. The third-order valence-corrected chi connectivity index (χ3v) is 7.29. The Morgan fingerprint density at radius 3 is 2.27 bits per heavy atom. The average molecular weight is 567 g/mol. The smallest absolute Gasteiger partial charge is 0.410 e. The lowest BCUT2D eigenvalue weighted by molar-refractivity contribution is 0.0192. The summed E-state index contributed by atoms with van der Waals surface area (Å²) >= 11 is 0. The van der Waals surface area contributed by atoms with Gasteiger partial charge in [-0.15, -0.1) is 0 Å². The van der Waals surface area contributed by atoms with E-state index in [2.05, 4.69) is 26.7 Å². The molecule has 1 atom stereocenters. The van der Waals surface area contributed by atoms with Crippen LogP contribution in [0.4, 0.5) is 15.4 Å². The van der Waals surface area contributed by atoms with E-state index in [1.165, 1.54) is 0 Å². The molecule has 2 amide bonds. The van der Waals surface area contributed by atoms with Gasteiger partial charge in [0.2, 0.25) is 0 Å². The molecule has 0 radical (unpaired) electrons. The number of hydrogen-bond donors (Lipinski definition) is 2. The molecule has 2 fully saturated rings. The molecule has 2 N–H and O–H groups in total. The van der Waals surface area contributed by atoms with E-state index in [0.29, 0.717) is 26.2 Å². The number of H-pyrrole nitrogens is 1. The first kappa shape index (κ1) is 28.7. The van der Waals surface area contributed by atoms with Crippen LogP contribution in [0.5, 0.6) is 0 Å². The molecule has 5 rings (SSSR count). The maximum Gasteiger partial charge on any atom is 0.410 e. The Bertz CT molecular complexity index is 1360. The lowest BCUT2D eigenvalue weighted by Gasteiger charge is -2.35. The van der Waals surface area contributed by atoms with Crippen LogP contribution in [0.1, 0.15) is 78.8 Å². The zero-order valence-electron chi connectivity index (χ0n) is 24.9. The van der Waals surface area contributed by atoms with Gasteiger partial charge in [0.05, 0.1) is 18.1 Å². The molecule has 0 saturated carbocycles. The summed E-state index contributed by atoms with van der Waals surface area (Å²) in [5.74, 6) is 0.896. The number of carbonyl (C=O) groups is 2. The molecule has 0 bridgehead atoms. The Balaban J connectivity index is 1.39. The molecule has 3 aromatic heterocycles. The molecule has 0 aliphatic carbocycles. The number of ether oxygens (including phenoxy) is 2. The summed E-state index contributed by atoms with van der Waals surface area (Å²) in [5, 5.41) is 15.3. The van der Waals surface area contributed by atoms with Crippen molar-refractivity contribution in [2.75, 3.05) is 31.5 Å². The third-order valence-electron chi connectivity index (χ3n) is 7.29. The highest BCUT2D eigenvalue weighted by atomic mass is 16.6. The summed E-state index contributed by atoms with van der Waals surface area (Å²) in [6.45, 7) is 13.7. The van der Waals surface area contributed by atoms with Crippen LogP contribution in [-0.2, 0) is 9.47 Å². The highest BCUT2D eigenvalue weighted by Crippen LogP contribution is 2.32. The van der Waals surface area contributed by atoms with Crippen molar-refractivity contribution in [1.82, 2.24) is 34.6 Å². The standard InChI is InChI=1S/C29H42N8O4/c1-28(2,3)40-26(38)35-12-9-21(10-13-35)33-24-14-23(19-8-7-11-36(18-19)27(39)41-29(4,5)6)34-25-22(17-32-37(24)25)20-15-30-31-16-20/h14-17,19,21,33H,7-13,18H2,1-6H3,(H,30,31). The predicted octanol–water partition coefficient (Wildman–Crippen LogP) is 5.05. The van der Waals surface area contributed by atoms with Crippen molar-refractivity contribution in [3.8, 4) is 11.1 Å². The van der Waals surface area contributed by atoms with E-state index in [1.54, 1.807) is 22.2 Å². The Kier molecular flexibility index (Phi) is 7.85. The predicted molar refractivity (Wildman–Crippen MR) is 155 cm³/mol. The minimum Gasteiger partial charge on any atom is -0.444 e. The van der Waals surface area contributed by atoms with Gasteiger partial charge in [-0.1, -0.05) is 0 Å². The SMILES string of the molecule is CC(C)(C)OC(=O)N1CCC(Nc2cc(C3CCCN(C(=O)OC(C)(C)C)C3)nc3c(-c4cn[nH]c4)cnn23)CC1. The second-order valence-corrected chi connectivity index (χ2v) is 13.0. The monoisotopic (exact) mass is 566 g/mol. The molecule has 3 aromatic rings. The molecular weight excluding hydrogens is 524 g/mol. The molecule has 41 heavy (non-hydrogen) atoms. The van der Waals surface area contributed by atoms with Crippen LogP contribution in [0.15, 0.2) is 24.7 Å². The van der Waals surface area contributed by atoms with Crippen molar-refractivity contribution in [2.45, 2.75) is 90.4 Å². The van der Waals surface area contributed by atoms with Gasteiger partial charge < -0.3 is 24.6 Å². The molecule has 12 heteroatoms. The van der Waals surface area contributed by atoms with Crippen LogP contribution in [0.2, 0.25) is 0 Å². The maximum atomic E-state index is 12.9. The fourth-order valence-corrected chi connectivity index (χ4v) is 5.35. The van der Waals surface area contributed by atoms with Crippen LogP contribution in [0, 0.1) is 0 Å². The molecule has 0 spiro atoms. The molecular formula is C29H42N8O4. The number of piperidine rings is 2. The van der Waals surface area contributed by atoms with Gasteiger partial charge in [0, 0.05) is 61.5 Å². The number of nitrogens with zero attached hydrogens (tertiary/aromatic N) is 6. The molecule has 222 valence electrons. The topological polar surface area (TPSA) is 130 Å². The van der Waals surface area contributed by atoms with Crippen molar-refractivity contribution in [3.05, 3.63) is 30.4 Å². The minimum atomic E-state index is -0.547. The molecule has 5 heterocycles. The number of carbonyl (C=O) groups excluding carboxylic acids is 2. The zero-order chi connectivity index (χ0) is 29.4. The Labute approximate surface area is 240 Å². The second-order valence-electron chi connectivity index (χ2n) is 13.0. The molecule has 2 aliphatic heterocycles. The van der Waals surface area contributed by atoms with Gasteiger partial charge >= 0.3 is 12.2 Å². The van der Waals surface area contributed by atoms with Crippen molar-refractivity contribution < 1.29 is 19.1 Å². The number of fused-ring (bicyclic) bond motifs is 1. The van der Waals surface area contributed by atoms with E-state index >= 15 is 0 Å². The van der Waals surface area contributed by atoms with Crippen molar-refractivity contribution in [3.63, 3.8) is 0 Å². The van der Waals surface area contributed by atoms with E-state index in [4.69, 9.17) is 14.5 Å². The van der Waals surface area contributed by atoms with E-state index in [1.807, 2.05) is 52.3 Å². The third kappa shape index (κ3) is 6.91. The number of aromatic nitrogens is 5. The minimum absolute atomic E-state index is 0.0583. The average Bonchev–Trinajstić information content (AvgIpc) is 3.57. The molecule has 1 unspecified atom stereocenters. The molecule has 0 aromatic carbocycles. The summed E-state index contributed by atoms with van der Waals surface area (Å²) in [5.41, 5.74) is 2.35. The largest absolute Gasteiger partial charge is 0.444 e. The Morgan fingerprint density at radius 2 is 1.63 bits per heavy atom. The Morgan fingerprint density at radius 1 is 0.951 bits per heavy atom. The molecule has 12 nitrogen and oxygen atoms in total. The Hall–Kier alpha value is -3.83. The van der Waals surface area contributed by atoms with E-state index < -0.39 is 11.2 Å². The van der Waals surface area contributed by atoms with Crippen LogP contribution in [0.25, 0.3) is 16.8 Å². The number of amides is 2. The van der Waals surface area contributed by atoms with Crippen LogP contribution in [0.3, 0.4) is 0 Å². The zero-order valence-corrected chi connectivity index (χ0v) is 24.9. The van der Waals surface area contributed by atoms with Crippen molar-refractivity contribution >= 4 is 23.7 Å². The van der Waals surface area contributed by atoms with Crippen molar-refractivity contribution in [1.29, 1.82) is 0 Å².